The molecule has 2 N–H and O–H groups in total. The Balaban J connectivity index is 1.64. The predicted octanol–water partition coefficient (Wildman–Crippen LogP) is 1.33. The fourth-order valence-corrected chi connectivity index (χ4v) is 4.61. The van der Waals surface area contributed by atoms with Crippen molar-refractivity contribution >= 4 is 33.7 Å². The Hall–Kier alpha value is -2.19. The quantitative estimate of drug-likeness (QED) is 0.307. The fraction of sp³-hybridized carbons (Fsp3) is 0.560. The number of ketones is 1. The Morgan fingerprint density at radius 1 is 1.19 bits per heavy atom. The van der Waals surface area contributed by atoms with E-state index in [1.807, 2.05) is 30.3 Å². The summed E-state index contributed by atoms with van der Waals surface area (Å²) in [5.41, 5.74) is 0.908. The van der Waals surface area contributed by atoms with Gasteiger partial charge in [0.1, 0.15) is 6.61 Å². The first-order valence-corrected chi connectivity index (χ1v) is 12.7. The van der Waals surface area contributed by atoms with Crippen LogP contribution in [-0.4, -0.2) is 104 Å². The van der Waals surface area contributed by atoms with Gasteiger partial charge in [-0.1, -0.05) is 30.3 Å². The fourth-order valence-electron chi connectivity index (χ4n) is 4.09. The van der Waals surface area contributed by atoms with E-state index in [0.29, 0.717) is 26.1 Å². The van der Waals surface area contributed by atoms with Gasteiger partial charge in [0, 0.05) is 20.1 Å². The first-order chi connectivity index (χ1) is 17.8. The Morgan fingerprint density at radius 2 is 1.89 bits per heavy atom. The molecule has 0 bridgehead atoms. The van der Waals surface area contributed by atoms with Crippen molar-refractivity contribution < 1.29 is 48.3 Å². The molecule has 3 rings (SSSR count). The van der Waals surface area contributed by atoms with E-state index in [0.717, 1.165) is 16.5 Å². The van der Waals surface area contributed by atoms with Crippen LogP contribution < -0.4 is 0 Å². The number of aliphatic hydroxyl groups excluding tert-OH is 1. The number of rotatable bonds is 14. The predicted molar refractivity (Wildman–Crippen MR) is 133 cm³/mol. The summed E-state index contributed by atoms with van der Waals surface area (Å²) in [6.07, 6.45) is -1.86. The SMILES string of the molecule is CO[C@@H](C(=O)N1C(=O)OC[C@H]1Cc1ccccc1)[C@@H]1O[C@@](O)(CCCOCCOCCO)C(Br)=CC1=O. The highest BCUT2D eigenvalue weighted by molar-refractivity contribution is 9.11. The molecule has 1 saturated heterocycles. The van der Waals surface area contributed by atoms with Crippen LogP contribution in [0.1, 0.15) is 18.4 Å². The van der Waals surface area contributed by atoms with E-state index in [-0.39, 0.29) is 37.3 Å². The Morgan fingerprint density at radius 3 is 2.57 bits per heavy atom. The first-order valence-electron chi connectivity index (χ1n) is 12.0. The molecule has 12 heteroatoms. The lowest BCUT2D eigenvalue weighted by Gasteiger charge is -2.38. The second-order valence-electron chi connectivity index (χ2n) is 8.55. The number of aliphatic hydroxyl groups is 2. The maximum absolute atomic E-state index is 13.4. The molecule has 204 valence electrons. The van der Waals surface area contributed by atoms with E-state index in [1.165, 1.54) is 7.11 Å². The molecule has 1 fully saturated rings. The molecule has 0 saturated carbocycles. The zero-order valence-corrected chi connectivity index (χ0v) is 22.1. The Bertz CT molecular complexity index is 958. The van der Waals surface area contributed by atoms with Crippen molar-refractivity contribution in [3.05, 3.63) is 46.5 Å². The molecule has 2 heterocycles. The summed E-state index contributed by atoms with van der Waals surface area (Å²) in [7, 11) is 1.23. The largest absolute Gasteiger partial charge is 0.447 e. The standard InChI is InChI=1S/C25H32BrNO10/c1-33-22(23(30)27-18(16-36-24(27)31)14-17-6-3-2-4-7-17)21-19(29)15-20(26)25(32,37-21)8-5-10-34-12-13-35-11-9-28/h2-4,6-7,15,18,21-22,28,32H,5,8-14,16H2,1H3/t18-,21-,22-,25+/m1/s1. The van der Waals surface area contributed by atoms with E-state index < -0.39 is 41.8 Å². The Labute approximate surface area is 223 Å². The monoisotopic (exact) mass is 585 g/mol. The summed E-state index contributed by atoms with van der Waals surface area (Å²) >= 11 is 3.19. The highest BCUT2D eigenvalue weighted by Gasteiger charge is 2.50. The van der Waals surface area contributed by atoms with Crippen molar-refractivity contribution in [3.8, 4) is 0 Å². The highest BCUT2D eigenvalue weighted by atomic mass is 79.9. The second-order valence-corrected chi connectivity index (χ2v) is 9.41. The molecule has 2 aliphatic rings. The molecule has 1 aromatic carbocycles. The molecule has 2 aliphatic heterocycles. The van der Waals surface area contributed by atoms with Gasteiger partial charge in [-0.3, -0.25) is 9.59 Å². The van der Waals surface area contributed by atoms with Crippen LogP contribution in [0.3, 0.4) is 0 Å². The van der Waals surface area contributed by atoms with Gasteiger partial charge in [0.2, 0.25) is 0 Å². The van der Waals surface area contributed by atoms with Crippen molar-refractivity contribution in [3.63, 3.8) is 0 Å². The van der Waals surface area contributed by atoms with E-state index in [1.54, 1.807) is 0 Å². The zero-order valence-electron chi connectivity index (χ0n) is 20.5. The molecule has 0 aromatic heterocycles. The highest BCUT2D eigenvalue weighted by Crippen LogP contribution is 2.36. The Kier molecular flexibility index (Phi) is 11.2. The molecular formula is C25H32BrNO10. The third-order valence-corrected chi connectivity index (χ3v) is 6.79. The first kappa shape index (κ1) is 29.4. The summed E-state index contributed by atoms with van der Waals surface area (Å²) in [4.78, 5) is 39.7. The molecule has 2 amide bonds. The van der Waals surface area contributed by atoms with Crippen LogP contribution in [0, 0.1) is 0 Å². The average molecular weight is 586 g/mol. The number of amides is 2. The van der Waals surface area contributed by atoms with Gasteiger partial charge in [-0.05, 0) is 40.4 Å². The number of nitrogens with zero attached hydrogens (tertiary/aromatic N) is 1. The number of methoxy groups -OCH3 is 1. The maximum atomic E-state index is 13.4. The molecular weight excluding hydrogens is 554 g/mol. The minimum Gasteiger partial charge on any atom is -0.447 e. The third kappa shape index (κ3) is 7.66. The third-order valence-electron chi connectivity index (χ3n) is 5.94. The van der Waals surface area contributed by atoms with Gasteiger partial charge in [-0.15, -0.1) is 0 Å². The zero-order chi connectivity index (χ0) is 26.8. The van der Waals surface area contributed by atoms with Crippen molar-refractivity contribution in [1.82, 2.24) is 4.90 Å². The molecule has 0 spiro atoms. The topological polar surface area (TPSA) is 141 Å². The smallest absolute Gasteiger partial charge is 0.417 e. The normalized spacial score (nSPS) is 24.6. The molecule has 0 unspecified atom stereocenters. The van der Waals surface area contributed by atoms with Crippen LogP contribution in [0.4, 0.5) is 4.79 Å². The number of halogens is 1. The number of cyclic esters (lactones) is 1. The molecule has 0 aliphatic carbocycles. The van der Waals surface area contributed by atoms with Gasteiger partial charge >= 0.3 is 6.09 Å². The van der Waals surface area contributed by atoms with Gasteiger partial charge in [0.15, 0.2) is 23.8 Å². The lowest BCUT2D eigenvalue weighted by molar-refractivity contribution is -0.227. The van der Waals surface area contributed by atoms with Crippen LogP contribution in [0.2, 0.25) is 0 Å². The van der Waals surface area contributed by atoms with Crippen LogP contribution >= 0.6 is 15.9 Å². The lowest BCUT2D eigenvalue weighted by Crippen LogP contribution is -2.56. The van der Waals surface area contributed by atoms with E-state index >= 15 is 0 Å². The van der Waals surface area contributed by atoms with Crippen molar-refractivity contribution in [2.24, 2.45) is 0 Å². The van der Waals surface area contributed by atoms with Gasteiger partial charge in [-0.2, -0.15) is 0 Å². The van der Waals surface area contributed by atoms with E-state index in [4.69, 9.17) is 28.8 Å². The summed E-state index contributed by atoms with van der Waals surface area (Å²) in [6, 6.07) is 8.74. The number of carbonyl (C=O) groups excluding carboxylic acids is 3. The average Bonchev–Trinajstić information content (AvgIpc) is 3.24. The van der Waals surface area contributed by atoms with Gasteiger partial charge in [0.25, 0.3) is 5.91 Å². The van der Waals surface area contributed by atoms with Crippen molar-refractivity contribution in [1.29, 1.82) is 0 Å². The summed E-state index contributed by atoms with van der Waals surface area (Å²) in [5.74, 6) is -3.29. The number of benzene rings is 1. The summed E-state index contributed by atoms with van der Waals surface area (Å²) < 4.78 is 26.9. The molecule has 4 atom stereocenters. The summed E-state index contributed by atoms with van der Waals surface area (Å²) in [6.45, 7) is 1.08. The maximum Gasteiger partial charge on any atom is 0.417 e. The van der Waals surface area contributed by atoms with Gasteiger partial charge in [0.05, 0.1) is 37.0 Å². The molecule has 1 aromatic rings. The molecule has 0 radical (unpaired) electrons. The minimum atomic E-state index is -1.90. The molecule has 11 nitrogen and oxygen atoms in total. The number of hydrogen-bond donors (Lipinski definition) is 2. The van der Waals surface area contributed by atoms with Gasteiger partial charge < -0.3 is 33.9 Å². The van der Waals surface area contributed by atoms with Crippen LogP contribution in [-0.2, 0) is 39.7 Å². The van der Waals surface area contributed by atoms with Crippen molar-refractivity contribution in [2.75, 3.05) is 46.8 Å². The lowest BCUT2D eigenvalue weighted by atomic mass is 9.99. The minimum absolute atomic E-state index is 0.00972. The second kappa shape index (κ2) is 14.1. The number of carbonyl (C=O) groups is 3. The van der Waals surface area contributed by atoms with Crippen molar-refractivity contribution in [2.45, 2.75) is 43.3 Å². The van der Waals surface area contributed by atoms with E-state index in [9.17, 15) is 19.5 Å². The van der Waals surface area contributed by atoms with Crippen LogP contribution in [0.15, 0.2) is 40.9 Å². The van der Waals surface area contributed by atoms with Gasteiger partial charge in [-0.25, -0.2) is 9.69 Å². The van der Waals surface area contributed by atoms with Crippen LogP contribution in [0.5, 0.6) is 0 Å². The number of ether oxygens (including phenoxy) is 5. The number of hydrogen-bond acceptors (Lipinski definition) is 10. The summed E-state index contributed by atoms with van der Waals surface area (Å²) in [5, 5.41) is 19.8. The number of imide groups is 1. The van der Waals surface area contributed by atoms with E-state index in [2.05, 4.69) is 15.9 Å². The van der Waals surface area contributed by atoms with Crippen LogP contribution in [0.25, 0.3) is 0 Å². The molecule has 37 heavy (non-hydrogen) atoms.